The Bertz CT molecular complexity index is 1380. The standard InChI is InChI=1S/C40H67NO14/c1-15-27-40(11)34(53-37(45)55-40)21(4)29-19(2)17-39(10,54-29)33(52-36-31(49-25(8)42)26(41(12)13)16-20(3)47-36)22(5)30(23(6)35(44)50-27)51-28-18-38(9,46-14)32(43)24(7)48-28/h19-24,26-34,36,43H,15-18H2,1-14H3/t19-,20-,21+,22+,23-,24-,26+,27-,28+,29-,30+,31-,32-,33-,34-,36+,38+,39+,40-/m1/s1. The molecule has 55 heavy (non-hydrogen) atoms. The summed E-state index contributed by atoms with van der Waals surface area (Å²) in [6.07, 6.45) is -7.49. The smallest absolute Gasteiger partial charge is 0.458 e. The number of hydrogen-bond donors (Lipinski definition) is 1. The Balaban J connectivity index is 1.64. The van der Waals surface area contributed by atoms with Crippen molar-refractivity contribution >= 4 is 18.1 Å². The molecule has 5 fully saturated rings. The van der Waals surface area contributed by atoms with Crippen molar-refractivity contribution in [1.29, 1.82) is 0 Å². The number of fused-ring (bicyclic) bond motifs is 3. The molecule has 0 aromatic heterocycles. The first kappa shape index (κ1) is 44.0. The lowest BCUT2D eigenvalue weighted by atomic mass is 9.76. The van der Waals surface area contributed by atoms with Crippen LogP contribution in [0.15, 0.2) is 0 Å². The summed E-state index contributed by atoms with van der Waals surface area (Å²) < 4.78 is 63.6. The number of methoxy groups -OCH3 is 1. The van der Waals surface area contributed by atoms with Crippen LogP contribution < -0.4 is 0 Å². The minimum Gasteiger partial charge on any atom is -0.458 e. The molecule has 19 atom stereocenters. The Morgan fingerprint density at radius 1 is 0.945 bits per heavy atom. The Hall–Kier alpha value is -2.11. The van der Waals surface area contributed by atoms with Gasteiger partial charge in [0, 0.05) is 32.3 Å². The summed E-state index contributed by atoms with van der Waals surface area (Å²) in [4.78, 5) is 41.9. The number of aliphatic hydroxyl groups excluding tert-OH is 1. The van der Waals surface area contributed by atoms with Gasteiger partial charge in [0.1, 0.15) is 12.2 Å². The molecule has 5 aliphatic heterocycles. The molecule has 5 aliphatic rings. The Kier molecular flexibility index (Phi) is 13.3. The molecular weight excluding hydrogens is 718 g/mol. The van der Waals surface area contributed by atoms with Crippen LogP contribution in [0.5, 0.6) is 0 Å². The fourth-order valence-corrected chi connectivity index (χ4v) is 10.1. The molecule has 316 valence electrons. The summed E-state index contributed by atoms with van der Waals surface area (Å²) in [6.45, 7) is 20.2. The van der Waals surface area contributed by atoms with Gasteiger partial charge in [-0.25, -0.2) is 4.79 Å². The van der Waals surface area contributed by atoms with Crippen LogP contribution in [-0.4, -0.2) is 140 Å². The molecule has 0 saturated carbocycles. The monoisotopic (exact) mass is 785 g/mol. The lowest BCUT2D eigenvalue weighted by molar-refractivity contribution is -0.319. The molecular formula is C40H67NO14. The second-order valence-corrected chi connectivity index (χ2v) is 17.7. The Morgan fingerprint density at radius 3 is 2.22 bits per heavy atom. The lowest BCUT2D eigenvalue weighted by Gasteiger charge is -2.49. The number of cyclic esters (lactones) is 1. The van der Waals surface area contributed by atoms with E-state index in [4.69, 9.17) is 47.4 Å². The third kappa shape index (κ3) is 8.55. The van der Waals surface area contributed by atoms with Gasteiger partial charge in [-0.15, -0.1) is 0 Å². The first-order valence-corrected chi connectivity index (χ1v) is 20.1. The van der Waals surface area contributed by atoms with Gasteiger partial charge in [0.05, 0.1) is 53.7 Å². The van der Waals surface area contributed by atoms with Crippen molar-refractivity contribution in [3.63, 3.8) is 0 Å². The largest absolute Gasteiger partial charge is 0.509 e. The molecule has 0 aromatic carbocycles. The average Bonchev–Trinajstić information content (AvgIpc) is 3.60. The predicted octanol–water partition coefficient (Wildman–Crippen LogP) is 4.38. The second-order valence-electron chi connectivity index (χ2n) is 17.7. The van der Waals surface area contributed by atoms with Crippen LogP contribution in [0.25, 0.3) is 0 Å². The maximum atomic E-state index is 14.5. The van der Waals surface area contributed by atoms with Crippen LogP contribution >= 0.6 is 0 Å². The van der Waals surface area contributed by atoms with E-state index < -0.39 is 108 Å². The molecule has 15 nitrogen and oxygen atoms in total. The number of aliphatic hydroxyl groups is 1. The number of nitrogens with zero attached hydrogens (tertiary/aromatic N) is 1. The average molecular weight is 786 g/mol. The maximum absolute atomic E-state index is 14.5. The quantitative estimate of drug-likeness (QED) is 0.272. The van der Waals surface area contributed by atoms with Gasteiger partial charge in [0.15, 0.2) is 30.4 Å². The lowest BCUT2D eigenvalue weighted by Crippen LogP contribution is -2.61. The van der Waals surface area contributed by atoms with Crippen LogP contribution in [0.4, 0.5) is 4.79 Å². The van der Waals surface area contributed by atoms with Crippen molar-refractivity contribution in [2.45, 2.75) is 192 Å². The van der Waals surface area contributed by atoms with E-state index in [9.17, 15) is 19.5 Å². The van der Waals surface area contributed by atoms with Crippen LogP contribution in [0, 0.1) is 23.7 Å². The van der Waals surface area contributed by atoms with Gasteiger partial charge in [0.25, 0.3) is 0 Å². The SMILES string of the molecule is CC[C@H]1OC(=O)[C@H](C)[C@@H](O[C@H]2C[C@](C)(OC)[C@H](O)[C@@H](C)O2)[C@H](C)[C@@H](O[C@@H]2O[C@H](C)C[C@H](N(C)C)[C@H]2OC(C)=O)[C@]2(C)C[C@@H](C)[C@@H](O2)[C@H](C)[C@H]2OC(=O)O[C@@]21C. The molecule has 0 unspecified atom stereocenters. The molecule has 1 N–H and O–H groups in total. The molecule has 0 spiro atoms. The molecule has 0 aromatic rings. The summed E-state index contributed by atoms with van der Waals surface area (Å²) in [5.41, 5.74) is -3.32. The number of likely N-dealkylation sites (N-methyl/N-ethyl adjacent to an activating group) is 1. The highest BCUT2D eigenvalue weighted by Crippen LogP contribution is 2.50. The van der Waals surface area contributed by atoms with E-state index in [1.54, 1.807) is 27.7 Å². The van der Waals surface area contributed by atoms with Gasteiger partial charge in [-0.3, -0.25) is 9.59 Å². The van der Waals surface area contributed by atoms with Gasteiger partial charge in [-0.2, -0.15) is 0 Å². The van der Waals surface area contributed by atoms with Gasteiger partial charge in [0.2, 0.25) is 0 Å². The van der Waals surface area contributed by atoms with E-state index in [1.807, 2.05) is 53.6 Å². The van der Waals surface area contributed by atoms with Crippen LogP contribution in [0.3, 0.4) is 0 Å². The Morgan fingerprint density at radius 2 is 1.62 bits per heavy atom. The number of rotatable bonds is 8. The molecule has 5 saturated heterocycles. The summed E-state index contributed by atoms with van der Waals surface area (Å²) in [5, 5.41) is 11.0. The molecule has 5 rings (SSSR count). The highest BCUT2D eigenvalue weighted by molar-refractivity contribution is 5.73. The number of ether oxygens (including phenoxy) is 10. The van der Waals surface area contributed by atoms with Crippen molar-refractivity contribution in [3.05, 3.63) is 0 Å². The van der Waals surface area contributed by atoms with Crippen molar-refractivity contribution in [1.82, 2.24) is 4.90 Å². The minimum absolute atomic E-state index is 0.0411. The second kappa shape index (κ2) is 16.6. The van der Waals surface area contributed by atoms with E-state index >= 15 is 0 Å². The van der Waals surface area contributed by atoms with Crippen LogP contribution in [-0.2, 0) is 57.0 Å². The topological polar surface area (TPSA) is 167 Å². The third-order valence-electron chi connectivity index (χ3n) is 13.1. The fraction of sp³-hybridized carbons (Fsp3) is 0.925. The first-order chi connectivity index (χ1) is 25.6. The normalized spacial score (nSPS) is 49.5. The highest BCUT2D eigenvalue weighted by Gasteiger charge is 2.62. The summed E-state index contributed by atoms with van der Waals surface area (Å²) in [5.74, 6) is -2.99. The molecule has 0 radical (unpaired) electrons. The van der Waals surface area contributed by atoms with Crippen molar-refractivity contribution in [3.8, 4) is 0 Å². The van der Waals surface area contributed by atoms with Gasteiger partial charge in [-0.05, 0) is 80.8 Å². The summed E-state index contributed by atoms with van der Waals surface area (Å²) in [6, 6.07) is -0.219. The molecule has 15 heteroatoms. The summed E-state index contributed by atoms with van der Waals surface area (Å²) >= 11 is 0. The van der Waals surface area contributed by atoms with Gasteiger partial charge >= 0.3 is 18.1 Å². The number of carbonyl (C=O) groups is 3. The number of hydrogen-bond acceptors (Lipinski definition) is 15. The van der Waals surface area contributed by atoms with Crippen molar-refractivity contribution in [2.75, 3.05) is 21.2 Å². The molecule has 2 bridgehead atoms. The van der Waals surface area contributed by atoms with E-state index in [1.165, 1.54) is 14.0 Å². The molecule has 5 heterocycles. The van der Waals surface area contributed by atoms with Crippen molar-refractivity contribution in [2.24, 2.45) is 23.7 Å². The number of esters is 2. The van der Waals surface area contributed by atoms with Crippen LogP contribution in [0.2, 0.25) is 0 Å². The minimum atomic E-state index is -1.31. The van der Waals surface area contributed by atoms with Gasteiger partial charge < -0.3 is 57.4 Å². The maximum Gasteiger partial charge on any atom is 0.509 e. The zero-order valence-electron chi connectivity index (χ0n) is 35.3. The van der Waals surface area contributed by atoms with E-state index in [-0.39, 0.29) is 30.4 Å². The van der Waals surface area contributed by atoms with Gasteiger partial charge in [-0.1, -0.05) is 27.7 Å². The predicted molar refractivity (Wildman–Crippen MR) is 197 cm³/mol. The number of carbonyl (C=O) groups excluding carboxylic acids is 3. The molecule has 0 amide bonds. The fourth-order valence-electron chi connectivity index (χ4n) is 10.1. The summed E-state index contributed by atoms with van der Waals surface area (Å²) in [7, 11) is 5.39. The first-order valence-electron chi connectivity index (χ1n) is 20.1. The van der Waals surface area contributed by atoms with E-state index in [0.717, 1.165) is 0 Å². The third-order valence-corrected chi connectivity index (χ3v) is 13.1. The van der Waals surface area contributed by atoms with Crippen molar-refractivity contribution < 1.29 is 66.9 Å². The van der Waals surface area contributed by atoms with Crippen LogP contribution in [0.1, 0.15) is 102 Å². The molecule has 0 aliphatic carbocycles. The Labute approximate surface area is 326 Å². The van der Waals surface area contributed by atoms with E-state index in [2.05, 4.69) is 6.92 Å². The zero-order chi connectivity index (χ0) is 40.9. The highest BCUT2D eigenvalue weighted by atomic mass is 16.8. The zero-order valence-corrected chi connectivity index (χ0v) is 35.3. The van der Waals surface area contributed by atoms with E-state index in [0.29, 0.717) is 19.3 Å².